The minimum Gasteiger partial charge on any atom is -0.273 e. The van der Waals surface area contributed by atoms with Crippen LogP contribution in [-0.2, 0) is 4.79 Å². The van der Waals surface area contributed by atoms with Crippen molar-refractivity contribution in [1.82, 2.24) is 5.43 Å². The lowest BCUT2D eigenvalue weighted by atomic mass is 10.3. The van der Waals surface area contributed by atoms with E-state index in [0.717, 1.165) is 17.9 Å². The van der Waals surface area contributed by atoms with Crippen LogP contribution in [0.15, 0.2) is 5.10 Å². The van der Waals surface area contributed by atoms with Crippen molar-refractivity contribution in [3.63, 3.8) is 0 Å². The minimum atomic E-state index is 0.00486. The maximum absolute atomic E-state index is 11.0. The van der Waals surface area contributed by atoms with E-state index in [1.165, 1.54) is 0 Å². The molecule has 0 saturated carbocycles. The molecule has 1 N–H and O–H groups in total. The summed E-state index contributed by atoms with van der Waals surface area (Å²) in [5.74, 6) is 1.03. The summed E-state index contributed by atoms with van der Waals surface area (Å²) in [7, 11) is 0. The van der Waals surface area contributed by atoms with E-state index in [-0.39, 0.29) is 5.91 Å². The number of amides is 1. The lowest BCUT2D eigenvalue weighted by molar-refractivity contribution is -0.121. The van der Waals surface area contributed by atoms with Gasteiger partial charge < -0.3 is 0 Å². The molecule has 3 nitrogen and oxygen atoms in total. The van der Waals surface area contributed by atoms with Gasteiger partial charge in [0.1, 0.15) is 0 Å². The Labute approximate surface area is 78.0 Å². The molecule has 0 aliphatic rings. The number of hydrazone groups is 1. The third-order valence-corrected chi connectivity index (χ3v) is 1.85. The van der Waals surface area contributed by atoms with Gasteiger partial charge in [-0.1, -0.05) is 0 Å². The number of thioether (sulfide) groups is 1. The van der Waals surface area contributed by atoms with Gasteiger partial charge >= 0.3 is 0 Å². The van der Waals surface area contributed by atoms with Gasteiger partial charge in [0, 0.05) is 12.1 Å². The van der Waals surface area contributed by atoms with Gasteiger partial charge in [-0.15, -0.1) is 0 Å². The van der Waals surface area contributed by atoms with Crippen LogP contribution >= 0.6 is 11.8 Å². The van der Waals surface area contributed by atoms with E-state index < -0.39 is 0 Å². The van der Waals surface area contributed by atoms with E-state index in [4.69, 9.17) is 0 Å². The van der Waals surface area contributed by atoms with Gasteiger partial charge in [0.25, 0.3) is 0 Å². The summed E-state index contributed by atoms with van der Waals surface area (Å²) in [6, 6.07) is 0. The summed E-state index contributed by atoms with van der Waals surface area (Å²) in [4.78, 5) is 11.0. The third kappa shape index (κ3) is 7.60. The van der Waals surface area contributed by atoms with E-state index in [0.29, 0.717) is 6.42 Å². The molecule has 0 rings (SSSR count). The first-order chi connectivity index (χ1) is 5.66. The van der Waals surface area contributed by atoms with E-state index in [1.54, 1.807) is 11.8 Å². The molecule has 0 spiro atoms. The number of nitrogens with one attached hydrogen (secondary N) is 1. The standard InChI is InChI=1S/C8H16N2OS/c1-7(2)9-10-8(11)5-4-6-12-3/h4-6H2,1-3H3,(H,10,11). The van der Waals surface area contributed by atoms with Crippen molar-refractivity contribution >= 4 is 23.4 Å². The van der Waals surface area contributed by atoms with Crippen molar-refractivity contribution < 1.29 is 4.79 Å². The molecule has 0 heterocycles. The molecule has 0 aromatic rings. The van der Waals surface area contributed by atoms with Crippen molar-refractivity contribution in [3.05, 3.63) is 0 Å². The first-order valence-corrected chi connectivity index (χ1v) is 5.35. The van der Waals surface area contributed by atoms with E-state index in [2.05, 4.69) is 10.5 Å². The van der Waals surface area contributed by atoms with Gasteiger partial charge in [-0.3, -0.25) is 4.79 Å². The molecule has 0 aliphatic heterocycles. The Morgan fingerprint density at radius 2 is 2.17 bits per heavy atom. The highest BCUT2D eigenvalue weighted by Crippen LogP contribution is 1.98. The van der Waals surface area contributed by atoms with Crippen molar-refractivity contribution in [1.29, 1.82) is 0 Å². The highest BCUT2D eigenvalue weighted by molar-refractivity contribution is 7.98. The monoisotopic (exact) mass is 188 g/mol. The summed E-state index contributed by atoms with van der Waals surface area (Å²) in [5.41, 5.74) is 3.35. The highest BCUT2D eigenvalue weighted by atomic mass is 32.2. The molecule has 0 fully saturated rings. The molecular weight excluding hydrogens is 172 g/mol. The SMILES string of the molecule is CSCCCC(=O)NN=C(C)C. The molecule has 0 aliphatic carbocycles. The van der Waals surface area contributed by atoms with Crippen LogP contribution in [0.1, 0.15) is 26.7 Å². The average Bonchev–Trinajstić information content (AvgIpc) is 2.01. The summed E-state index contributed by atoms with van der Waals surface area (Å²) in [6.07, 6.45) is 3.52. The highest BCUT2D eigenvalue weighted by Gasteiger charge is 1.97. The first-order valence-electron chi connectivity index (χ1n) is 3.95. The van der Waals surface area contributed by atoms with Gasteiger partial charge in [-0.05, 0) is 32.3 Å². The Hall–Kier alpha value is -0.510. The molecule has 0 atom stereocenters. The van der Waals surface area contributed by atoms with Gasteiger partial charge in [-0.25, -0.2) is 5.43 Å². The second-order valence-corrected chi connectivity index (χ2v) is 3.68. The van der Waals surface area contributed by atoms with Crippen LogP contribution in [0.3, 0.4) is 0 Å². The van der Waals surface area contributed by atoms with Crippen LogP contribution in [0.2, 0.25) is 0 Å². The molecule has 4 heteroatoms. The Morgan fingerprint density at radius 3 is 2.67 bits per heavy atom. The van der Waals surface area contributed by atoms with Gasteiger partial charge in [0.05, 0.1) is 0 Å². The van der Waals surface area contributed by atoms with Crippen LogP contribution in [0.4, 0.5) is 0 Å². The predicted molar refractivity (Wildman–Crippen MR) is 54.5 cm³/mol. The number of carbonyl (C=O) groups excluding carboxylic acids is 1. The van der Waals surface area contributed by atoms with Crippen molar-refractivity contribution in [2.45, 2.75) is 26.7 Å². The number of hydrogen-bond donors (Lipinski definition) is 1. The molecule has 0 bridgehead atoms. The molecule has 0 aromatic heterocycles. The zero-order valence-electron chi connectivity index (χ0n) is 7.89. The summed E-state index contributed by atoms with van der Waals surface area (Å²) >= 11 is 1.75. The normalized spacial score (nSPS) is 9.25. The lowest BCUT2D eigenvalue weighted by Gasteiger charge is -1.98. The van der Waals surface area contributed by atoms with Crippen molar-refractivity contribution in [2.75, 3.05) is 12.0 Å². The van der Waals surface area contributed by atoms with Gasteiger partial charge in [0.2, 0.25) is 5.91 Å². The van der Waals surface area contributed by atoms with E-state index >= 15 is 0 Å². The number of nitrogens with zero attached hydrogens (tertiary/aromatic N) is 1. The zero-order chi connectivity index (χ0) is 9.40. The summed E-state index contributed by atoms with van der Waals surface area (Å²) in [6.45, 7) is 3.70. The number of carbonyl (C=O) groups is 1. The smallest absolute Gasteiger partial charge is 0.240 e. The maximum Gasteiger partial charge on any atom is 0.240 e. The Kier molecular flexibility index (Phi) is 6.85. The molecule has 0 unspecified atom stereocenters. The lowest BCUT2D eigenvalue weighted by Crippen LogP contribution is -2.18. The quantitative estimate of drug-likeness (QED) is 0.405. The van der Waals surface area contributed by atoms with E-state index in [1.807, 2.05) is 20.1 Å². The number of rotatable bonds is 5. The molecule has 0 aromatic carbocycles. The van der Waals surface area contributed by atoms with E-state index in [9.17, 15) is 4.79 Å². The van der Waals surface area contributed by atoms with Crippen molar-refractivity contribution in [2.24, 2.45) is 5.10 Å². The molecular formula is C8H16N2OS. The third-order valence-electron chi connectivity index (χ3n) is 1.16. The van der Waals surface area contributed by atoms with Crippen LogP contribution in [0.25, 0.3) is 0 Å². The van der Waals surface area contributed by atoms with Gasteiger partial charge in [0.15, 0.2) is 0 Å². The van der Waals surface area contributed by atoms with Gasteiger partial charge in [-0.2, -0.15) is 16.9 Å². The van der Waals surface area contributed by atoms with Crippen LogP contribution in [-0.4, -0.2) is 23.6 Å². The van der Waals surface area contributed by atoms with Crippen LogP contribution in [0, 0.1) is 0 Å². The Bertz CT molecular complexity index is 164. The fourth-order valence-corrected chi connectivity index (χ4v) is 1.04. The molecule has 1 amide bonds. The fourth-order valence-electron chi connectivity index (χ4n) is 0.607. The predicted octanol–water partition coefficient (Wildman–Crippen LogP) is 1.64. The molecule has 12 heavy (non-hydrogen) atoms. The first kappa shape index (κ1) is 11.5. The second-order valence-electron chi connectivity index (χ2n) is 2.69. The zero-order valence-corrected chi connectivity index (χ0v) is 8.70. The fraction of sp³-hybridized carbons (Fsp3) is 0.750. The summed E-state index contributed by atoms with van der Waals surface area (Å²) < 4.78 is 0. The molecule has 0 radical (unpaired) electrons. The second kappa shape index (κ2) is 7.16. The largest absolute Gasteiger partial charge is 0.273 e. The average molecular weight is 188 g/mol. The topological polar surface area (TPSA) is 41.5 Å². The number of hydrogen-bond acceptors (Lipinski definition) is 3. The maximum atomic E-state index is 11.0. The summed E-state index contributed by atoms with van der Waals surface area (Å²) in [5, 5.41) is 3.81. The Balaban J connectivity index is 3.41. The van der Waals surface area contributed by atoms with Crippen molar-refractivity contribution in [3.8, 4) is 0 Å². The molecule has 0 saturated heterocycles. The van der Waals surface area contributed by atoms with Crippen LogP contribution < -0.4 is 5.43 Å². The Morgan fingerprint density at radius 1 is 1.50 bits per heavy atom. The van der Waals surface area contributed by atoms with Crippen LogP contribution in [0.5, 0.6) is 0 Å². The molecule has 70 valence electrons. The minimum absolute atomic E-state index is 0.00486.